The minimum absolute atomic E-state index is 0.0851. The van der Waals surface area contributed by atoms with Crippen molar-refractivity contribution in [3.05, 3.63) is 63.2 Å². The van der Waals surface area contributed by atoms with E-state index in [-0.39, 0.29) is 35.7 Å². The van der Waals surface area contributed by atoms with Gasteiger partial charge < -0.3 is 20.1 Å². The Morgan fingerprint density at radius 1 is 1.10 bits per heavy atom. The predicted molar refractivity (Wildman–Crippen MR) is 113 cm³/mol. The second-order valence-electron chi connectivity index (χ2n) is 7.63. The van der Waals surface area contributed by atoms with Crippen LogP contribution in [0.5, 0.6) is 11.5 Å². The third-order valence-electron chi connectivity index (χ3n) is 4.99. The van der Waals surface area contributed by atoms with Crippen molar-refractivity contribution < 1.29 is 24.0 Å². The average Bonchev–Trinajstić information content (AvgIpc) is 2.75. The molecule has 1 aliphatic heterocycles. The number of fused-ring (bicyclic) bond motifs is 1. The van der Waals surface area contributed by atoms with E-state index < -0.39 is 10.8 Å². The zero-order valence-electron chi connectivity index (χ0n) is 17.6. The Labute approximate surface area is 179 Å². The molecule has 1 aliphatic rings. The summed E-state index contributed by atoms with van der Waals surface area (Å²) in [6.07, 6.45) is 0. The van der Waals surface area contributed by atoms with Gasteiger partial charge in [-0.15, -0.1) is 0 Å². The molecule has 0 radical (unpaired) electrons. The molecule has 9 nitrogen and oxygen atoms in total. The van der Waals surface area contributed by atoms with Gasteiger partial charge in [-0.2, -0.15) is 0 Å². The molecule has 1 heterocycles. The molecule has 1 unspecified atom stereocenters. The number of benzene rings is 2. The van der Waals surface area contributed by atoms with Crippen LogP contribution in [0.4, 0.5) is 5.69 Å². The van der Waals surface area contributed by atoms with Gasteiger partial charge in [-0.1, -0.05) is 26.0 Å². The summed E-state index contributed by atoms with van der Waals surface area (Å²) < 4.78 is 11.2. The highest BCUT2D eigenvalue weighted by Gasteiger charge is 2.22. The van der Waals surface area contributed by atoms with Gasteiger partial charge in [0.25, 0.3) is 11.6 Å². The summed E-state index contributed by atoms with van der Waals surface area (Å²) in [6.45, 7) is 6.27. The molecule has 2 aromatic rings. The van der Waals surface area contributed by atoms with Gasteiger partial charge in [0.05, 0.1) is 17.5 Å². The van der Waals surface area contributed by atoms with Gasteiger partial charge in [0.2, 0.25) is 5.91 Å². The molecule has 31 heavy (non-hydrogen) atoms. The van der Waals surface area contributed by atoms with Crippen LogP contribution < -0.4 is 20.1 Å². The summed E-state index contributed by atoms with van der Waals surface area (Å²) in [5.74, 6) is 0.463. The number of amides is 2. The smallest absolute Gasteiger partial charge is 0.273 e. The van der Waals surface area contributed by atoms with Gasteiger partial charge >= 0.3 is 0 Å². The first-order valence-electron chi connectivity index (χ1n) is 9.98. The highest BCUT2D eigenvalue weighted by molar-refractivity contribution is 5.97. The van der Waals surface area contributed by atoms with Crippen LogP contribution in [0.25, 0.3) is 0 Å². The minimum atomic E-state index is -0.557. The van der Waals surface area contributed by atoms with Gasteiger partial charge in [0.15, 0.2) is 11.5 Å². The van der Waals surface area contributed by atoms with Crippen LogP contribution in [0, 0.1) is 23.0 Å². The average molecular weight is 427 g/mol. The number of ether oxygens (including phenoxy) is 2. The second-order valence-corrected chi connectivity index (χ2v) is 7.63. The molecule has 0 bridgehead atoms. The Balaban J connectivity index is 1.64. The zero-order chi connectivity index (χ0) is 22.5. The summed E-state index contributed by atoms with van der Waals surface area (Å²) in [5.41, 5.74) is 1.31. The maximum Gasteiger partial charge on any atom is 0.273 e. The van der Waals surface area contributed by atoms with E-state index in [0.29, 0.717) is 30.3 Å². The largest absolute Gasteiger partial charge is 0.486 e. The Hall–Kier alpha value is -3.62. The van der Waals surface area contributed by atoms with E-state index in [1.165, 1.54) is 18.2 Å². The first-order valence-corrected chi connectivity index (χ1v) is 9.98. The monoisotopic (exact) mass is 427 g/mol. The summed E-state index contributed by atoms with van der Waals surface area (Å²) in [7, 11) is 0. The molecule has 0 aromatic heterocycles. The quantitative estimate of drug-likeness (QED) is 0.518. The molecule has 1 atom stereocenters. The SMILES string of the molecule is Cc1ccc(C(=O)NCC(=O)NC(c2ccc3c(c2)OCCO3)C(C)C)cc1[N+](=O)[O-]. The van der Waals surface area contributed by atoms with Crippen molar-refractivity contribution in [2.24, 2.45) is 5.92 Å². The lowest BCUT2D eigenvalue weighted by Crippen LogP contribution is -2.40. The highest BCUT2D eigenvalue weighted by Crippen LogP contribution is 2.34. The van der Waals surface area contributed by atoms with Gasteiger partial charge in [-0.05, 0) is 36.6 Å². The van der Waals surface area contributed by atoms with E-state index in [0.717, 1.165) is 5.56 Å². The minimum Gasteiger partial charge on any atom is -0.486 e. The molecule has 2 aromatic carbocycles. The summed E-state index contributed by atoms with van der Waals surface area (Å²) >= 11 is 0. The summed E-state index contributed by atoms with van der Waals surface area (Å²) in [6, 6.07) is 9.45. The van der Waals surface area contributed by atoms with Crippen LogP contribution in [0.1, 0.15) is 41.4 Å². The molecular weight excluding hydrogens is 402 g/mol. The molecule has 9 heteroatoms. The number of carbonyl (C=O) groups excluding carboxylic acids is 2. The van der Waals surface area contributed by atoms with E-state index in [4.69, 9.17) is 9.47 Å². The van der Waals surface area contributed by atoms with Crippen LogP contribution in [0.2, 0.25) is 0 Å². The van der Waals surface area contributed by atoms with Crippen LogP contribution in [-0.2, 0) is 4.79 Å². The normalized spacial score (nSPS) is 13.4. The fraction of sp³-hybridized carbons (Fsp3) is 0.364. The number of nitro groups is 1. The van der Waals surface area contributed by atoms with E-state index in [9.17, 15) is 19.7 Å². The molecule has 0 fully saturated rings. The van der Waals surface area contributed by atoms with Crippen molar-refractivity contribution in [1.29, 1.82) is 0 Å². The Bertz CT molecular complexity index is 1000. The third-order valence-corrected chi connectivity index (χ3v) is 4.99. The molecule has 0 aliphatic carbocycles. The summed E-state index contributed by atoms with van der Waals surface area (Å²) in [4.78, 5) is 35.4. The van der Waals surface area contributed by atoms with Crippen molar-refractivity contribution in [2.45, 2.75) is 26.8 Å². The lowest BCUT2D eigenvalue weighted by atomic mass is 9.95. The second kappa shape index (κ2) is 9.46. The molecule has 164 valence electrons. The topological polar surface area (TPSA) is 120 Å². The van der Waals surface area contributed by atoms with Crippen LogP contribution >= 0.6 is 0 Å². The lowest BCUT2D eigenvalue weighted by Gasteiger charge is -2.25. The fourth-order valence-corrected chi connectivity index (χ4v) is 3.32. The standard InChI is InChI=1S/C22H25N3O6/c1-13(2)21(15-6-7-18-19(11-15)31-9-8-30-18)24-20(26)12-23-22(27)16-5-4-14(3)17(10-16)25(28)29/h4-7,10-11,13,21H,8-9,12H2,1-3H3,(H,23,27)(H,24,26). The van der Waals surface area contributed by atoms with Gasteiger partial charge in [0, 0.05) is 17.2 Å². The molecule has 0 saturated heterocycles. The number of hydrogen-bond acceptors (Lipinski definition) is 6. The summed E-state index contributed by atoms with van der Waals surface area (Å²) in [5, 5.41) is 16.5. The van der Waals surface area contributed by atoms with Gasteiger partial charge in [-0.25, -0.2) is 0 Å². The maximum absolute atomic E-state index is 12.5. The predicted octanol–water partition coefficient (Wildman–Crippen LogP) is 2.92. The molecular formula is C22H25N3O6. The number of hydrogen-bond donors (Lipinski definition) is 2. The van der Waals surface area contributed by atoms with E-state index in [1.807, 2.05) is 32.0 Å². The number of nitrogens with zero attached hydrogens (tertiary/aromatic N) is 1. The Morgan fingerprint density at radius 3 is 2.48 bits per heavy atom. The maximum atomic E-state index is 12.5. The highest BCUT2D eigenvalue weighted by atomic mass is 16.6. The van der Waals surface area contributed by atoms with E-state index in [1.54, 1.807) is 6.92 Å². The van der Waals surface area contributed by atoms with Crippen LogP contribution in [0.3, 0.4) is 0 Å². The van der Waals surface area contributed by atoms with Gasteiger partial charge in [0.1, 0.15) is 13.2 Å². The zero-order valence-corrected chi connectivity index (χ0v) is 17.6. The van der Waals surface area contributed by atoms with Crippen LogP contribution in [0.15, 0.2) is 36.4 Å². The van der Waals surface area contributed by atoms with Crippen LogP contribution in [-0.4, -0.2) is 36.5 Å². The first kappa shape index (κ1) is 22.1. The van der Waals surface area contributed by atoms with E-state index in [2.05, 4.69) is 10.6 Å². The first-order chi connectivity index (χ1) is 14.8. The van der Waals surface area contributed by atoms with Crippen molar-refractivity contribution in [1.82, 2.24) is 10.6 Å². The molecule has 0 spiro atoms. The third kappa shape index (κ3) is 5.30. The molecule has 2 amide bonds. The molecule has 0 saturated carbocycles. The lowest BCUT2D eigenvalue weighted by molar-refractivity contribution is -0.385. The van der Waals surface area contributed by atoms with Crippen molar-refractivity contribution in [2.75, 3.05) is 19.8 Å². The fourth-order valence-electron chi connectivity index (χ4n) is 3.32. The van der Waals surface area contributed by atoms with Crippen molar-refractivity contribution in [3.63, 3.8) is 0 Å². The number of nitro benzene ring substituents is 1. The number of nitrogens with one attached hydrogen (secondary N) is 2. The Kier molecular flexibility index (Phi) is 6.74. The number of aryl methyl sites for hydroxylation is 1. The molecule has 2 N–H and O–H groups in total. The van der Waals surface area contributed by atoms with Crippen molar-refractivity contribution in [3.8, 4) is 11.5 Å². The molecule has 3 rings (SSSR count). The number of carbonyl (C=O) groups is 2. The number of rotatable bonds is 7. The van der Waals surface area contributed by atoms with E-state index >= 15 is 0 Å². The van der Waals surface area contributed by atoms with Crippen molar-refractivity contribution >= 4 is 17.5 Å². The Morgan fingerprint density at radius 2 is 1.81 bits per heavy atom. The van der Waals surface area contributed by atoms with Gasteiger partial charge in [-0.3, -0.25) is 19.7 Å².